The normalized spacial score (nSPS) is 31.3. The Morgan fingerprint density at radius 3 is 1.90 bits per heavy atom. The van der Waals surface area contributed by atoms with Crippen LogP contribution in [0.25, 0.3) is 0 Å². The molecule has 4 rings (SSSR count). The second-order valence-corrected chi connectivity index (χ2v) is 13.9. The molecule has 0 aliphatic heterocycles. The van der Waals surface area contributed by atoms with E-state index < -0.39 is 17.0 Å². The minimum absolute atomic E-state index is 0.414. The van der Waals surface area contributed by atoms with E-state index in [1.54, 1.807) is 0 Å². The van der Waals surface area contributed by atoms with Crippen LogP contribution in [0, 0.1) is 23.7 Å². The Hall–Kier alpha value is -1.87. The van der Waals surface area contributed by atoms with Crippen LogP contribution >= 0.6 is 0 Å². The first-order chi connectivity index (χ1) is 20.5. The van der Waals surface area contributed by atoms with E-state index >= 15 is 0 Å². The van der Waals surface area contributed by atoms with Gasteiger partial charge < -0.3 is 9.84 Å². The summed E-state index contributed by atoms with van der Waals surface area (Å²) in [6.45, 7) is 7.53. The molecular formula is C39H60O3. The Morgan fingerprint density at radius 2 is 1.33 bits per heavy atom. The van der Waals surface area contributed by atoms with Gasteiger partial charge in [0.05, 0.1) is 0 Å². The first-order valence-corrected chi connectivity index (χ1v) is 17.8. The molecule has 2 saturated carbocycles. The fourth-order valence-corrected chi connectivity index (χ4v) is 8.28. The zero-order chi connectivity index (χ0) is 29.8. The summed E-state index contributed by atoms with van der Waals surface area (Å²) in [5.74, 6) is 2.34. The number of carboxylic acid groups (broad SMARTS) is 1. The van der Waals surface area contributed by atoms with Crippen LogP contribution in [0.4, 0.5) is 0 Å². The average Bonchev–Trinajstić information content (AvgIpc) is 3.02. The zero-order valence-electron chi connectivity index (χ0n) is 27.1. The van der Waals surface area contributed by atoms with Crippen LogP contribution < -0.4 is 0 Å². The van der Waals surface area contributed by atoms with Gasteiger partial charge in [0, 0.05) is 6.61 Å². The molecule has 0 amide bonds. The van der Waals surface area contributed by atoms with Gasteiger partial charge in [0.2, 0.25) is 0 Å². The molecular weight excluding hydrogens is 516 g/mol. The van der Waals surface area contributed by atoms with Crippen molar-refractivity contribution in [3.8, 4) is 0 Å². The molecule has 0 spiro atoms. The second kappa shape index (κ2) is 16.3. The lowest BCUT2D eigenvalue weighted by Crippen LogP contribution is -2.45. The van der Waals surface area contributed by atoms with Gasteiger partial charge in [0.25, 0.3) is 0 Å². The topological polar surface area (TPSA) is 46.5 Å². The highest BCUT2D eigenvalue weighted by Crippen LogP contribution is 2.48. The lowest BCUT2D eigenvalue weighted by atomic mass is 9.64. The van der Waals surface area contributed by atoms with Crippen molar-refractivity contribution in [1.29, 1.82) is 0 Å². The maximum absolute atomic E-state index is 12.8. The van der Waals surface area contributed by atoms with Crippen molar-refractivity contribution in [1.82, 2.24) is 0 Å². The number of rotatable bonds is 16. The highest BCUT2D eigenvalue weighted by molar-refractivity contribution is 5.87. The van der Waals surface area contributed by atoms with E-state index in [0.717, 1.165) is 42.8 Å². The van der Waals surface area contributed by atoms with Crippen LogP contribution in [-0.4, -0.2) is 23.3 Å². The van der Waals surface area contributed by atoms with E-state index in [0.29, 0.717) is 5.92 Å². The number of aryl methyl sites for hydroxylation is 1. The molecule has 3 nitrogen and oxygen atoms in total. The maximum Gasteiger partial charge on any atom is 0.321 e. The number of ether oxygens (including phenoxy) is 1. The molecule has 2 fully saturated rings. The molecule has 3 aliphatic carbocycles. The van der Waals surface area contributed by atoms with Crippen molar-refractivity contribution in [2.45, 2.75) is 147 Å². The van der Waals surface area contributed by atoms with Crippen molar-refractivity contribution in [3.63, 3.8) is 0 Å². The molecule has 0 saturated heterocycles. The van der Waals surface area contributed by atoms with Gasteiger partial charge in [-0.25, -0.2) is 0 Å². The van der Waals surface area contributed by atoms with E-state index in [-0.39, 0.29) is 0 Å². The Labute approximate surface area is 257 Å². The third-order valence-electron chi connectivity index (χ3n) is 11.1. The summed E-state index contributed by atoms with van der Waals surface area (Å²) in [5, 5.41) is 10.5. The average molecular weight is 577 g/mol. The molecule has 1 aromatic rings. The van der Waals surface area contributed by atoms with E-state index in [1.165, 1.54) is 108 Å². The molecule has 42 heavy (non-hydrogen) atoms. The summed E-state index contributed by atoms with van der Waals surface area (Å²) in [5.41, 5.74) is 0.498. The first-order valence-electron chi connectivity index (χ1n) is 17.8. The standard InChI is InChI=1S/C39H60O3/c1-4-7-9-11-30-42-39(36-24-20-34(21-25-36)33-18-14-31(12-6-3)15-19-33)28-26-38(27-29-39,37(40)41)35-22-16-32(17-23-35)13-10-8-5-2/h16-17,22-23,26-29,31,33-34,36H,4-15,18-21,24-25,30H2,1-3H3,(H,40,41). The summed E-state index contributed by atoms with van der Waals surface area (Å²) < 4.78 is 6.79. The van der Waals surface area contributed by atoms with Crippen LogP contribution in [0.15, 0.2) is 48.6 Å². The molecule has 3 heteroatoms. The number of benzene rings is 1. The van der Waals surface area contributed by atoms with Crippen molar-refractivity contribution < 1.29 is 14.6 Å². The van der Waals surface area contributed by atoms with Gasteiger partial charge in [-0.2, -0.15) is 0 Å². The van der Waals surface area contributed by atoms with Gasteiger partial charge >= 0.3 is 5.97 Å². The highest BCUT2D eigenvalue weighted by Gasteiger charge is 2.45. The van der Waals surface area contributed by atoms with Crippen molar-refractivity contribution in [2.75, 3.05) is 6.61 Å². The third-order valence-corrected chi connectivity index (χ3v) is 11.1. The van der Waals surface area contributed by atoms with Crippen molar-refractivity contribution in [2.24, 2.45) is 23.7 Å². The fraction of sp³-hybridized carbons (Fsp3) is 0.718. The molecule has 1 N–H and O–H groups in total. The van der Waals surface area contributed by atoms with Gasteiger partial charge in [-0.05, 0) is 92.6 Å². The fourth-order valence-electron chi connectivity index (χ4n) is 8.28. The molecule has 0 unspecified atom stereocenters. The number of carbonyl (C=O) groups is 1. The Morgan fingerprint density at radius 1 is 0.738 bits per heavy atom. The van der Waals surface area contributed by atoms with E-state index in [9.17, 15) is 9.90 Å². The quantitative estimate of drug-likeness (QED) is 0.157. The lowest BCUT2D eigenvalue weighted by molar-refractivity contribution is -0.140. The number of unbranched alkanes of at least 4 members (excludes halogenated alkanes) is 5. The van der Waals surface area contributed by atoms with Crippen LogP contribution in [0.3, 0.4) is 0 Å². The predicted molar refractivity (Wildman–Crippen MR) is 176 cm³/mol. The summed E-state index contributed by atoms with van der Waals surface area (Å²) >= 11 is 0. The monoisotopic (exact) mass is 576 g/mol. The van der Waals surface area contributed by atoms with Gasteiger partial charge in [-0.15, -0.1) is 0 Å². The molecule has 0 aromatic heterocycles. The van der Waals surface area contributed by atoms with Crippen molar-refractivity contribution in [3.05, 3.63) is 59.7 Å². The van der Waals surface area contributed by atoms with Crippen LogP contribution in [0.5, 0.6) is 0 Å². The Bertz CT molecular complexity index is 975. The zero-order valence-corrected chi connectivity index (χ0v) is 27.1. The van der Waals surface area contributed by atoms with Crippen LogP contribution in [-0.2, 0) is 21.4 Å². The van der Waals surface area contributed by atoms with Crippen LogP contribution in [0.1, 0.15) is 141 Å². The molecule has 1 aromatic carbocycles. The smallest absolute Gasteiger partial charge is 0.321 e. The summed E-state index contributed by atoms with van der Waals surface area (Å²) in [6.07, 6.45) is 31.0. The largest absolute Gasteiger partial charge is 0.480 e. The minimum atomic E-state index is -1.13. The lowest BCUT2D eigenvalue weighted by Gasteiger charge is -2.45. The summed E-state index contributed by atoms with van der Waals surface area (Å²) in [7, 11) is 0. The first kappa shape index (κ1) is 33.0. The third kappa shape index (κ3) is 8.19. The summed E-state index contributed by atoms with van der Waals surface area (Å²) in [6, 6.07) is 8.31. The van der Waals surface area contributed by atoms with Gasteiger partial charge in [0.15, 0.2) is 0 Å². The number of hydrogen-bond donors (Lipinski definition) is 1. The molecule has 0 atom stereocenters. The number of carboxylic acids is 1. The highest BCUT2D eigenvalue weighted by atomic mass is 16.5. The van der Waals surface area contributed by atoms with E-state index in [4.69, 9.17) is 4.74 Å². The minimum Gasteiger partial charge on any atom is -0.480 e. The van der Waals surface area contributed by atoms with Crippen molar-refractivity contribution >= 4 is 5.97 Å². The molecule has 0 heterocycles. The van der Waals surface area contributed by atoms with Crippen LogP contribution in [0.2, 0.25) is 0 Å². The SMILES string of the molecule is CCCCCCOC1(C2CCC(C3CCC(CCC)CC3)CC2)C=CC(C(=O)O)(c2ccc(CCCCC)cc2)C=C1. The second-order valence-electron chi connectivity index (χ2n) is 13.9. The Kier molecular flexibility index (Phi) is 12.8. The number of hydrogen-bond acceptors (Lipinski definition) is 2. The molecule has 0 bridgehead atoms. The molecule has 3 aliphatic rings. The predicted octanol–water partition coefficient (Wildman–Crippen LogP) is 10.6. The van der Waals surface area contributed by atoms with E-state index in [2.05, 4.69) is 45.1 Å². The number of aliphatic carboxylic acids is 1. The Balaban J connectivity index is 1.46. The van der Waals surface area contributed by atoms with Gasteiger partial charge in [-0.1, -0.05) is 127 Å². The molecule has 0 radical (unpaired) electrons. The summed E-state index contributed by atoms with van der Waals surface area (Å²) in [4.78, 5) is 12.8. The van der Waals surface area contributed by atoms with E-state index in [1.807, 2.05) is 24.3 Å². The van der Waals surface area contributed by atoms with Gasteiger partial charge in [-0.3, -0.25) is 4.79 Å². The van der Waals surface area contributed by atoms with Gasteiger partial charge in [0.1, 0.15) is 11.0 Å². The molecule has 234 valence electrons. The maximum atomic E-state index is 12.8.